The van der Waals surface area contributed by atoms with Crippen LogP contribution in [0, 0.1) is 13.8 Å². The molecule has 1 aliphatic heterocycles. The maximum Gasteiger partial charge on any atom is 0.417 e. The second kappa shape index (κ2) is 8.08. The summed E-state index contributed by atoms with van der Waals surface area (Å²) in [5, 5.41) is 10.0. The zero-order chi connectivity index (χ0) is 22.3. The van der Waals surface area contributed by atoms with Crippen molar-refractivity contribution in [3.8, 4) is 0 Å². The molecule has 2 aromatic carbocycles. The Morgan fingerprint density at radius 3 is 2.55 bits per heavy atom. The summed E-state index contributed by atoms with van der Waals surface area (Å²) in [5.74, 6) is 0.163. The quantitative estimate of drug-likeness (QED) is 0.569. The van der Waals surface area contributed by atoms with E-state index in [0.29, 0.717) is 11.0 Å². The lowest BCUT2D eigenvalue weighted by Crippen LogP contribution is -2.41. The summed E-state index contributed by atoms with van der Waals surface area (Å²) >= 11 is 6.87. The highest BCUT2D eigenvalue weighted by Crippen LogP contribution is 2.39. The summed E-state index contributed by atoms with van der Waals surface area (Å²) in [4.78, 5) is 13.1. The highest BCUT2D eigenvalue weighted by atomic mass is 35.5. The molecule has 31 heavy (non-hydrogen) atoms. The number of thioether (sulfide) groups is 1. The van der Waals surface area contributed by atoms with Crippen molar-refractivity contribution >= 4 is 35.0 Å². The molecular formula is C20H17ClF3N5OS. The Morgan fingerprint density at radius 2 is 1.87 bits per heavy atom. The molecule has 1 aliphatic rings. The number of carbonyl (C=O) groups excluding carboxylic acids is 1. The molecule has 0 unspecified atom stereocenters. The van der Waals surface area contributed by atoms with Gasteiger partial charge in [-0.2, -0.15) is 13.2 Å². The maximum atomic E-state index is 13.2. The Hall–Kier alpha value is -2.72. The molecule has 0 saturated heterocycles. The fraction of sp³-hybridized carbons (Fsp3) is 0.250. The summed E-state index contributed by atoms with van der Waals surface area (Å²) in [6, 6.07) is 10.5. The van der Waals surface area contributed by atoms with E-state index >= 15 is 0 Å². The number of aryl methyl sites for hydroxylation is 2. The van der Waals surface area contributed by atoms with E-state index in [2.05, 4.69) is 20.9 Å². The lowest BCUT2D eigenvalue weighted by Gasteiger charge is -2.32. The Morgan fingerprint density at radius 1 is 1.16 bits per heavy atom. The van der Waals surface area contributed by atoms with E-state index in [1.54, 1.807) is 11.6 Å². The van der Waals surface area contributed by atoms with Crippen LogP contribution in [-0.4, -0.2) is 26.0 Å². The zero-order valence-corrected chi connectivity index (χ0v) is 17.9. The summed E-state index contributed by atoms with van der Waals surface area (Å²) in [5.41, 5.74) is 4.17. The van der Waals surface area contributed by atoms with Gasteiger partial charge in [-0.25, -0.2) is 4.68 Å². The minimum absolute atomic E-state index is 0.00759. The Labute approximate surface area is 185 Å². The fourth-order valence-corrected chi connectivity index (χ4v) is 4.57. The lowest BCUT2D eigenvalue weighted by atomic mass is 10.0. The van der Waals surface area contributed by atoms with Gasteiger partial charge in [0.2, 0.25) is 11.1 Å². The van der Waals surface area contributed by atoms with Gasteiger partial charge in [-0.05, 0) is 37.6 Å². The van der Waals surface area contributed by atoms with Crippen molar-refractivity contribution in [3.63, 3.8) is 0 Å². The average Bonchev–Trinajstić information content (AvgIpc) is 3.08. The third kappa shape index (κ3) is 4.35. The first-order valence-corrected chi connectivity index (χ1v) is 10.5. The van der Waals surface area contributed by atoms with Gasteiger partial charge in [0, 0.05) is 5.69 Å². The van der Waals surface area contributed by atoms with Crippen LogP contribution >= 0.6 is 23.4 Å². The fourth-order valence-electron chi connectivity index (χ4n) is 3.22. The Kier molecular flexibility index (Phi) is 5.61. The summed E-state index contributed by atoms with van der Waals surface area (Å²) in [6.07, 6.45) is -4.63. The van der Waals surface area contributed by atoms with Gasteiger partial charge in [-0.15, -0.1) is 10.2 Å². The minimum atomic E-state index is -4.63. The third-order valence-corrected chi connectivity index (χ3v) is 6.38. The van der Waals surface area contributed by atoms with Crippen molar-refractivity contribution in [3.05, 3.63) is 70.0 Å². The van der Waals surface area contributed by atoms with E-state index in [1.807, 2.05) is 31.2 Å². The molecule has 0 fully saturated rings. The molecule has 0 saturated carbocycles. The number of rotatable bonds is 3. The Bertz CT molecular complexity index is 1130. The molecule has 0 spiro atoms. The topological polar surface area (TPSA) is 71.8 Å². The first-order chi connectivity index (χ1) is 14.6. The number of halogens is 4. The molecule has 2 N–H and O–H groups in total. The van der Waals surface area contributed by atoms with Crippen LogP contribution in [0.15, 0.2) is 47.6 Å². The minimum Gasteiger partial charge on any atom is -0.325 e. The second-order valence-electron chi connectivity index (χ2n) is 7.10. The normalized spacial score (nSPS) is 18.3. The third-order valence-electron chi connectivity index (χ3n) is 4.83. The van der Waals surface area contributed by atoms with Crippen LogP contribution < -0.4 is 10.7 Å². The number of hydrogen-bond acceptors (Lipinski definition) is 5. The van der Waals surface area contributed by atoms with Gasteiger partial charge < -0.3 is 10.7 Å². The van der Waals surface area contributed by atoms with Gasteiger partial charge in [0.05, 0.1) is 16.6 Å². The molecule has 6 nitrogen and oxygen atoms in total. The van der Waals surface area contributed by atoms with Gasteiger partial charge in [0.25, 0.3) is 0 Å². The van der Waals surface area contributed by atoms with E-state index in [1.165, 1.54) is 17.8 Å². The maximum absolute atomic E-state index is 13.2. The van der Waals surface area contributed by atoms with Crippen molar-refractivity contribution in [1.29, 1.82) is 0 Å². The first-order valence-electron chi connectivity index (χ1n) is 9.23. The van der Waals surface area contributed by atoms with E-state index in [4.69, 9.17) is 11.6 Å². The molecule has 0 aliphatic carbocycles. The zero-order valence-electron chi connectivity index (χ0n) is 16.4. The predicted molar refractivity (Wildman–Crippen MR) is 113 cm³/mol. The molecule has 2 heterocycles. The van der Waals surface area contributed by atoms with Gasteiger partial charge in [-0.1, -0.05) is 53.2 Å². The lowest BCUT2D eigenvalue weighted by molar-refractivity contribution is -0.137. The number of amides is 1. The molecule has 162 valence electrons. The molecule has 3 aromatic rings. The number of fused-ring (bicyclic) bond motifs is 1. The smallest absolute Gasteiger partial charge is 0.325 e. The number of alkyl halides is 3. The van der Waals surface area contributed by atoms with E-state index in [0.717, 1.165) is 23.3 Å². The first kappa shape index (κ1) is 21.5. The standard InChI is InChI=1S/C20H17ClF3N5OS/c1-10-3-5-12(6-4-10)16-17(31-19-27-26-11(2)29(19)28-16)18(30)25-13-7-8-15(21)14(9-13)20(22,23)24/h3-9,16-17,28H,1-2H3,(H,25,30)/t16-,17+/m1/s1. The van der Waals surface area contributed by atoms with Crippen molar-refractivity contribution in [2.24, 2.45) is 0 Å². The van der Waals surface area contributed by atoms with Gasteiger partial charge in [-0.3, -0.25) is 4.79 Å². The monoisotopic (exact) mass is 467 g/mol. The van der Waals surface area contributed by atoms with Crippen LogP contribution in [0.5, 0.6) is 0 Å². The van der Waals surface area contributed by atoms with Gasteiger partial charge in [0.15, 0.2) is 0 Å². The number of nitrogens with zero attached hydrogens (tertiary/aromatic N) is 3. The van der Waals surface area contributed by atoms with Crippen molar-refractivity contribution in [1.82, 2.24) is 14.9 Å². The summed E-state index contributed by atoms with van der Waals surface area (Å²) in [6.45, 7) is 3.74. The number of aromatic nitrogens is 3. The molecule has 2 atom stereocenters. The SMILES string of the molecule is Cc1ccc([C@H]2Nn3c(C)nnc3S[C@@H]2C(=O)Nc2ccc(Cl)c(C(F)(F)F)c2)cc1. The molecule has 1 amide bonds. The molecule has 0 bridgehead atoms. The summed E-state index contributed by atoms with van der Waals surface area (Å²) < 4.78 is 41.2. The van der Waals surface area contributed by atoms with Gasteiger partial charge in [0.1, 0.15) is 11.1 Å². The van der Waals surface area contributed by atoms with Crippen molar-refractivity contribution < 1.29 is 18.0 Å². The second-order valence-corrected chi connectivity index (χ2v) is 8.62. The van der Waals surface area contributed by atoms with Crippen LogP contribution in [0.1, 0.15) is 28.6 Å². The Balaban J connectivity index is 1.65. The predicted octanol–water partition coefficient (Wildman–Crippen LogP) is 4.96. The van der Waals surface area contributed by atoms with Crippen LogP contribution in [0.25, 0.3) is 0 Å². The molecule has 11 heteroatoms. The highest BCUT2D eigenvalue weighted by molar-refractivity contribution is 8.00. The van der Waals surface area contributed by atoms with Crippen molar-refractivity contribution in [2.75, 3.05) is 10.7 Å². The van der Waals surface area contributed by atoms with Crippen LogP contribution in [0.3, 0.4) is 0 Å². The highest BCUT2D eigenvalue weighted by Gasteiger charge is 2.38. The average molecular weight is 468 g/mol. The van der Waals surface area contributed by atoms with Crippen LogP contribution in [-0.2, 0) is 11.0 Å². The largest absolute Gasteiger partial charge is 0.417 e. The van der Waals surface area contributed by atoms with Crippen molar-refractivity contribution in [2.45, 2.75) is 36.5 Å². The van der Waals surface area contributed by atoms with E-state index < -0.39 is 34.0 Å². The van der Waals surface area contributed by atoms with E-state index in [9.17, 15) is 18.0 Å². The van der Waals surface area contributed by atoms with Crippen LogP contribution in [0.4, 0.5) is 18.9 Å². The van der Waals surface area contributed by atoms with Crippen LogP contribution in [0.2, 0.25) is 5.02 Å². The number of carbonyl (C=O) groups is 1. The molecule has 1 aromatic heterocycles. The molecule has 0 radical (unpaired) electrons. The van der Waals surface area contributed by atoms with Gasteiger partial charge >= 0.3 is 6.18 Å². The number of benzene rings is 2. The molecular weight excluding hydrogens is 451 g/mol. The summed E-state index contributed by atoms with van der Waals surface area (Å²) in [7, 11) is 0. The number of anilines is 1. The number of nitrogens with one attached hydrogen (secondary N) is 2. The van der Waals surface area contributed by atoms with E-state index in [-0.39, 0.29) is 5.69 Å². The number of hydrogen-bond donors (Lipinski definition) is 2. The molecule has 4 rings (SSSR count).